The minimum atomic E-state index is -1.15. The highest BCUT2D eigenvalue weighted by Crippen LogP contribution is 2.27. The van der Waals surface area contributed by atoms with Crippen LogP contribution in [0.4, 0.5) is 8.78 Å². The van der Waals surface area contributed by atoms with E-state index >= 15 is 0 Å². The van der Waals surface area contributed by atoms with Crippen molar-refractivity contribution in [2.24, 2.45) is 0 Å². The van der Waals surface area contributed by atoms with Crippen LogP contribution in [0.2, 0.25) is 5.02 Å². The maximum atomic E-state index is 13.4. The largest absolute Gasteiger partial charge is 0.478 e. The second-order valence-electron chi connectivity index (χ2n) is 4.65. The number of fused-ring (bicyclic) bond motifs is 1. The van der Waals surface area contributed by atoms with Crippen LogP contribution in [0.15, 0.2) is 42.5 Å². The SMILES string of the molecule is O=C(O)c1cc(-c2ccc(F)c(F)c2)nc2ccc(Cl)cc12. The molecule has 1 aromatic heterocycles. The number of halogens is 3. The van der Waals surface area contributed by atoms with Crippen molar-refractivity contribution in [2.75, 3.05) is 0 Å². The average molecular weight is 320 g/mol. The average Bonchev–Trinajstić information content (AvgIpc) is 2.48. The van der Waals surface area contributed by atoms with Crippen molar-refractivity contribution in [3.05, 3.63) is 64.7 Å². The van der Waals surface area contributed by atoms with Gasteiger partial charge in [0, 0.05) is 16.0 Å². The van der Waals surface area contributed by atoms with E-state index in [1.165, 1.54) is 18.2 Å². The molecular weight excluding hydrogens is 312 g/mol. The molecule has 0 aliphatic heterocycles. The van der Waals surface area contributed by atoms with Gasteiger partial charge in [0.25, 0.3) is 0 Å². The van der Waals surface area contributed by atoms with Gasteiger partial charge >= 0.3 is 5.97 Å². The highest BCUT2D eigenvalue weighted by atomic mass is 35.5. The number of hydrogen-bond donors (Lipinski definition) is 1. The first-order chi connectivity index (χ1) is 10.5. The number of carbonyl (C=O) groups is 1. The van der Waals surface area contributed by atoms with Crippen LogP contribution in [-0.2, 0) is 0 Å². The van der Waals surface area contributed by atoms with Crippen molar-refractivity contribution in [3.8, 4) is 11.3 Å². The number of nitrogens with zero attached hydrogens (tertiary/aromatic N) is 1. The molecule has 110 valence electrons. The van der Waals surface area contributed by atoms with E-state index in [1.54, 1.807) is 12.1 Å². The van der Waals surface area contributed by atoms with Gasteiger partial charge in [-0.15, -0.1) is 0 Å². The summed E-state index contributed by atoms with van der Waals surface area (Å²) >= 11 is 5.88. The smallest absolute Gasteiger partial charge is 0.336 e. The molecule has 0 saturated heterocycles. The molecule has 1 N–H and O–H groups in total. The number of carboxylic acids is 1. The van der Waals surface area contributed by atoms with Crippen LogP contribution in [0.1, 0.15) is 10.4 Å². The van der Waals surface area contributed by atoms with Crippen LogP contribution in [0.5, 0.6) is 0 Å². The van der Waals surface area contributed by atoms with Crippen molar-refractivity contribution < 1.29 is 18.7 Å². The summed E-state index contributed by atoms with van der Waals surface area (Å²) in [5.74, 6) is -3.15. The molecule has 0 spiro atoms. The standard InChI is InChI=1S/C16H8ClF2NO2/c17-9-2-4-14-10(6-9)11(16(21)22)7-15(20-14)8-1-3-12(18)13(19)5-8/h1-7H,(H,21,22). The van der Waals surface area contributed by atoms with E-state index in [1.807, 2.05) is 0 Å². The molecule has 0 amide bonds. The third-order valence-corrected chi connectivity index (χ3v) is 3.45. The number of aromatic carboxylic acids is 1. The van der Waals surface area contributed by atoms with Gasteiger partial charge in [0.05, 0.1) is 16.8 Å². The van der Waals surface area contributed by atoms with Gasteiger partial charge in [-0.25, -0.2) is 18.6 Å². The molecule has 0 fully saturated rings. The Morgan fingerprint density at radius 2 is 1.82 bits per heavy atom. The Labute approximate surface area is 128 Å². The molecule has 0 saturated carbocycles. The Balaban J connectivity index is 2.29. The first kappa shape index (κ1) is 14.4. The van der Waals surface area contributed by atoms with E-state index < -0.39 is 17.6 Å². The monoisotopic (exact) mass is 319 g/mol. The molecule has 22 heavy (non-hydrogen) atoms. The predicted molar refractivity (Wildman–Crippen MR) is 79.1 cm³/mol. The fraction of sp³-hybridized carbons (Fsp3) is 0. The van der Waals surface area contributed by atoms with Gasteiger partial charge in [-0.05, 0) is 42.5 Å². The van der Waals surface area contributed by atoms with Crippen LogP contribution >= 0.6 is 11.6 Å². The topological polar surface area (TPSA) is 50.2 Å². The lowest BCUT2D eigenvalue weighted by molar-refractivity contribution is 0.0699. The van der Waals surface area contributed by atoms with Crippen molar-refractivity contribution >= 4 is 28.5 Å². The van der Waals surface area contributed by atoms with Gasteiger partial charge in [0.2, 0.25) is 0 Å². The number of aromatic nitrogens is 1. The van der Waals surface area contributed by atoms with Crippen LogP contribution in [0.3, 0.4) is 0 Å². The second kappa shape index (κ2) is 5.35. The number of benzene rings is 2. The van der Waals surface area contributed by atoms with Crippen LogP contribution in [0.25, 0.3) is 22.2 Å². The van der Waals surface area contributed by atoms with E-state index in [0.29, 0.717) is 21.5 Å². The van der Waals surface area contributed by atoms with E-state index in [9.17, 15) is 18.7 Å². The highest BCUT2D eigenvalue weighted by molar-refractivity contribution is 6.31. The number of carboxylic acid groups (broad SMARTS) is 1. The van der Waals surface area contributed by atoms with Crippen LogP contribution in [0, 0.1) is 11.6 Å². The zero-order valence-corrected chi connectivity index (χ0v) is 11.7. The van der Waals surface area contributed by atoms with Gasteiger partial charge in [0.15, 0.2) is 11.6 Å². The lowest BCUT2D eigenvalue weighted by Gasteiger charge is -2.08. The first-order valence-electron chi connectivity index (χ1n) is 6.25. The van der Waals surface area contributed by atoms with Gasteiger partial charge < -0.3 is 5.11 Å². The van der Waals surface area contributed by atoms with Crippen LogP contribution in [-0.4, -0.2) is 16.1 Å². The first-order valence-corrected chi connectivity index (χ1v) is 6.62. The zero-order chi connectivity index (χ0) is 15.9. The zero-order valence-electron chi connectivity index (χ0n) is 11.0. The lowest BCUT2D eigenvalue weighted by Crippen LogP contribution is -2.00. The minimum absolute atomic E-state index is 0.00719. The van der Waals surface area contributed by atoms with Gasteiger partial charge in [-0.1, -0.05) is 11.6 Å². The molecule has 0 aliphatic carbocycles. The van der Waals surface area contributed by atoms with E-state index in [-0.39, 0.29) is 11.3 Å². The molecule has 6 heteroatoms. The summed E-state index contributed by atoms with van der Waals surface area (Å²) in [7, 11) is 0. The Hall–Kier alpha value is -2.53. The maximum Gasteiger partial charge on any atom is 0.336 e. The van der Waals surface area contributed by atoms with E-state index in [2.05, 4.69) is 4.98 Å². The van der Waals surface area contributed by atoms with Crippen molar-refractivity contribution in [1.29, 1.82) is 0 Å². The Bertz CT molecular complexity index is 912. The Morgan fingerprint density at radius 1 is 1.05 bits per heavy atom. The summed E-state index contributed by atoms with van der Waals surface area (Å²) in [6.45, 7) is 0. The predicted octanol–water partition coefficient (Wildman–Crippen LogP) is 4.53. The lowest BCUT2D eigenvalue weighted by atomic mass is 10.0. The molecule has 3 aromatic rings. The van der Waals surface area contributed by atoms with Gasteiger partial charge in [-0.3, -0.25) is 0 Å². The molecule has 0 bridgehead atoms. The summed E-state index contributed by atoms with van der Waals surface area (Å²) in [4.78, 5) is 15.7. The van der Waals surface area contributed by atoms with E-state index in [4.69, 9.17) is 11.6 Å². The third kappa shape index (κ3) is 2.51. The van der Waals surface area contributed by atoms with Crippen LogP contribution < -0.4 is 0 Å². The van der Waals surface area contributed by atoms with Gasteiger partial charge in [0.1, 0.15) is 0 Å². The summed E-state index contributed by atoms with van der Waals surface area (Å²) in [6, 6.07) is 9.26. The van der Waals surface area contributed by atoms with Crippen molar-refractivity contribution in [1.82, 2.24) is 4.98 Å². The second-order valence-corrected chi connectivity index (χ2v) is 5.09. The van der Waals surface area contributed by atoms with Crippen molar-refractivity contribution in [3.63, 3.8) is 0 Å². The third-order valence-electron chi connectivity index (χ3n) is 3.22. The van der Waals surface area contributed by atoms with Crippen molar-refractivity contribution in [2.45, 2.75) is 0 Å². The van der Waals surface area contributed by atoms with E-state index in [0.717, 1.165) is 12.1 Å². The maximum absolute atomic E-state index is 13.4. The molecule has 3 nitrogen and oxygen atoms in total. The molecule has 2 aromatic carbocycles. The minimum Gasteiger partial charge on any atom is -0.478 e. The number of hydrogen-bond acceptors (Lipinski definition) is 2. The number of pyridine rings is 1. The Kier molecular flexibility index (Phi) is 3.50. The summed E-state index contributed by atoms with van der Waals surface area (Å²) in [5.41, 5.74) is 0.931. The molecule has 1 heterocycles. The molecular formula is C16H8ClF2NO2. The summed E-state index contributed by atoms with van der Waals surface area (Å²) in [6.07, 6.45) is 0. The van der Waals surface area contributed by atoms with Gasteiger partial charge in [-0.2, -0.15) is 0 Å². The highest BCUT2D eigenvalue weighted by Gasteiger charge is 2.14. The normalized spacial score (nSPS) is 10.9. The molecule has 0 aliphatic rings. The molecule has 0 atom stereocenters. The fourth-order valence-electron chi connectivity index (χ4n) is 2.18. The molecule has 0 unspecified atom stereocenters. The summed E-state index contributed by atoms with van der Waals surface area (Å²) < 4.78 is 26.4. The fourth-order valence-corrected chi connectivity index (χ4v) is 2.35. The Morgan fingerprint density at radius 3 is 2.50 bits per heavy atom. The molecule has 3 rings (SSSR count). The quantitative estimate of drug-likeness (QED) is 0.755. The molecule has 0 radical (unpaired) electrons. The summed E-state index contributed by atoms with van der Waals surface area (Å²) in [5, 5.41) is 10.1. The number of rotatable bonds is 2.